The molecule has 21 heavy (non-hydrogen) atoms. The predicted molar refractivity (Wildman–Crippen MR) is 79.3 cm³/mol. The second kappa shape index (κ2) is 6.64. The lowest BCUT2D eigenvalue weighted by molar-refractivity contribution is 0.102. The second-order valence-corrected chi connectivity index (χ2v) is 4.37. The van der Waals surface area contributed by atoms with Gasteiger partial charge in [0, 0.05) is 5.56 Å². The molecule has 0 saturated heterocycles. The van der Waals surface area contributed by atoms with Crippen molar-refractivity contribution in [2.24, 2.45) is 5.73 Å². The minimum absolute atomic E-state index is 0.135. The normalized spacial score (nSPS) is 9.67. The van der Waals surface area contributed by atoms with Crippen molar-refractivity contribution < 1.29 is 9.18 Å². The summed E-state index contributed by atoms with van der Waals surface area (Å²) in [5, 5.41) is 2.73. The number of nitrogens with zero attached hydrogens (tertiary/aromatic N) is 1. The maximum Gasteiger partial charge on any atom is 0.274 e. The van der Waals surface area contributed by atoms with E-state index in [0.717, 1.165) is 11.8 Å². The summed E-state index contributed by atoms with van der Waals surface area (Å²) >= 11 is 0. The number of benzene rings is 1. The molecule has 0 bridgehead atoms. The molecule has 4 nitrogen and oxygen atoms in total. The van der Waals surface area contributed by atoms with Crippen LogP contribution in [0.15, 0.2) is 36.5 Å². The maximum atomic E-state index is 12.8. The monoisotopic (exact) mass is 283 g/mol. The van der Waals surface area contributed by atoms with Crippen LogP contribution in [0.2, 0.25) is 0 Å². The number of nitrogens with one attached hydrogen (secondary N) is 1. The lowest BCUT2D eigenvalue weighted by Gasteiger charge is -2.08. The number of nitrogens with two attached hydrogens (primary N) is 1. The van der Waals surface area contributed by atoms with Crippen LogP contribution in [-0.2, 0) is 0 Å². The summed E-state index contributed by atoms with van der Waals surface area (Å²) in [7, 11) is 0. The van der Waals surface area contributed by atoms with Crippen molar-refractivity contribution in [3.05, 3.63) is 59.2 Å². The van der Waals surface area contributed by atoms with Gasteiger partial charge in [-0.15, -0.1) is 0 Å². The average molecular weight is 283 g/mol. The van der Waals surface area contributed by atoms with Crippen LogP contribution in [0, 0.1) is 24.6 Å². The summed E-state index contributed by atoms with van der Waals surface area (Å²) in [6, 6.07) is 8.03. The fourth-order valence-corrected chi connectivity index (χ4v) is 1.71. The molecule has 0 unspecified atom stereocenters. The zero-order chi connectivity index (χ0) is 15.2. The van der Waals surface area contributed by atoms with Gasteiger partial charge in [-0.25, -0.2) is 9.37 Å². The predicted octanol–water partition coefficient (Wildman–Crippen LogP) is 2.09. The van der Waals surface area contributed by atoms with Crippen LogP contribution in [0.4, 0.5) is 10.1 Å². The number of halogens is 1. The maximum absolute atomic E-state index is 12.8. The van der Waals surface area contributed by atoms with Gasteiger partial charge in [0.15, 0.2) is 0 Å². The molecule has 106 valence electrons. The number of rotatable bonds is 2. The van der Waals surface area contributed by atoms with E-state index in [0.29, 0.717) is 11.3 Å². The molecule has 2 rings (SSSR count). The van der Waals surface area contributed by atoms with Gasteiger partial charge >= 0.3 is 0 Å². The van der Waals surface area contributed by atoms with E-state index in [1.54, 1.807) is 0 Å². The van der Waals surface area contributed by atoms with Crippen LogP contribution < -0.4 is 11.1 Å². The number of amides is 1. The van der Waals surface area contributed by atoms with E-state index in [2.05, 4.69) is 22.1 Å². The molecule has 1 heterocycles. The van der Waals surface area contributed by atoms with Gasteiger partial charge in [0.25, 0.3) is 5.91 Å². The highest BCUT2D eigenvalue weighted by Gasteiger charge is 2.10. The fraction of sp³-hybridized carbons (Fsp3) is 0.125. The molecule has 5 heteroatoms. The molecule has 0 fully saturated rings. The Kier molecular flexibility index (Phi) is 4.64. The highest BCUT2D eigenvalue weighted by atomic mass is 19.1. The molecule has 0 aliphatic heterocycles. The van der Waals surface area contributed by atoms with Gasteiger partial charge in [-0.05, 0) is 36.8 Å². The van der Waals surface area contributed by atoms with Gasteiger partial charge in [-0.3, -0.25) is 4.79 Å². The van der Waals surface area contributed by atoms with Crippen LogP contribution in [0.1, 0.15) is 21.6 Å². The minimum atomic E-state index is -0.489. The number of aromatic nitrogens is 1. The smallest absolute Gasteiger partial charge is 0.274 e. The van der Waals surface area contributed by atoms with E-state index >= 15 is 0 Å². The number of aryl methyl sites for hydroxylation is 1. The first-order chi connectivity index (χ1) is 10.1. The summed E-state index contributed by atoms with van der Waals surface area (Å²) in [6.07, 6.45) is 1.00. The van der Waals surface area contributed by atoms with Gasteiger partial charge in [0.05, 0.1) is 18.4 Å². The molecule has 1 aromatic carbocycles. The highest BCUT2D eigenvalue weighted by Crippen LogP contribution is 2.17. The van der Waals surface area contributed by atoms with Crippen LogP contribution in [0.3, 0.4) is 0 Å². The Labute approximate surface area is 122 Å². The van der Waals surface area contributed by atoms with Crippen molar-refractivity contribution in [1.82, 2.24) is 4.98 Å². The van der Waals surface area contributed by atoms with Gasteiger partial charge in [0.1, 0.15) is 11.5 Å². The van der Waals surface area contributed by atoms with Crippen LogP contribution in [0.5, 0.6) is 0 Å². The van der Waals surface area contributed by atoms with Crippen LogP contribution >= 0.6 is 0 Å². The summed E-state index contributed by atoms with van der Waals surface area (Å²) in [4.78, 5) is 15.8. The van der Waals surface area contributed by atoms with Crippen molar-refractivity contribution in [3.8, 4) is 11.8 Å². The Morgan fingerprint density at radius 3 is 2.86 bits per heavy atom. The Hall–Kier alpha value is -2.71. The van der Waals surface area contributed by atoms with E-state index in [9.17, 15) is 9.18 Å². The lowest BCUT2D eigenvalue weighted by atomic mass is 10.1. The molecule has 2 aromatic rings. The van der Waals surface area contributed by atoms with Crippen molar-refractivity contribution in [2.45, 2.75) is 6.92 Å². The van der Waals surface area contributed by atoms with E-state index < -0.39 is 11.7 Å². The molecule has 0 aliphatic carbocycles. The summed E-state index contributed by atoms with van der Waals surface area (Å²) in [5.41, 5.74) is 7.72. The summed E-state index contributed by atoms with van der Waals surface area (Å²) in [6.45, 7) is 2.15. The summed E-state index contributed by atoms with van der Waals surface area (Å²) in [5.74, 6) is 4.73. The number of hydrogen-bond donors (Lipinski definition) is 2. The Bertz CT molecular complexity index is 715. The van der Waals surface area contributed by atoms with Crippen molar-refractivity contribution in [2.75, 3.05) is 11.9 Å². The molecule has 3 N–H and O–H groups in total. The first kappa shape index (κ1) is 14.7. The molecular weight excluding hydrogens is 269 g/mol. The standard InChI is InChI=1S/C16H14FN3O/c1-11-4-5-12(3-2-8-18)15(9-11)20-16(21)14-7-6-13(17)10-19-14/h4-7,9-10H,8,18H2,1H3,(H,20,21). The Balaban J connectivity index is 2.27. The second-order valence-electron chi connectivity index (χ2n) is 4.37. The number of pyridine rings is 1. The number of carbonyl (C=O) groups is 1. The highest BCUT2D eigenvalue weighted by molar-refractivity contribution is 6.03. The quantitative estimate of drug-likeness (QED) is 0.829. The third-order valence-corrected chi connectivity index (χ3v) is 2.71. The average Bonchev–Trinajstić information content (AvgIpc) is 2.47. The van der Waals surface area contributed by atoms with Crippen molar-refractivity contribution in [1.29, 1.82) is 0 Å². The van der Waals surface area contributed by atoms with Crippen molar-refractivity contribution in [3.63, 3.8) is 0 Å². The van der Waals surface area contributed by atoms with Crippen molar-refractivity contribution >= 4 is 11.6 Å². The summed E-state index contributed by atoms with van der Waals surface area (Å²) < 4.78 is 12.8. The number of hydrogen-bond acceptors (Lipinski definition) is 3. The Morgan fingerprint density at radius 1 is 1.38 bits per heavy atom. The third-order valence-electron chi connectivity index (χ3n) is 2.71. The molecule has 0 aliphatic rings. The molecular formula is C16H14FN3O. The first-order valence-electron chi connectivity index (χ1n) is 6.32. The van der Waals surface area contributed by atoms with Crippen LogP contribution in [0.25, 0.3) is 0 Å². The number of anilines is 1. The topological polar surface area (TPSA) is 68.0 Å². The molecule has 0 atom stereocenters. The lowest BCUT2D eigenvalue weighted by Crippen LogP contribution is -2.14. The fourth-order valence-electron chi connectivity index (χ4n) is 1.71. The van der Waals surface area contributed by atoms with E-state index in [-0.39, 0.29) is 12.2 Å². The van der Waals surface area contributed by atoms with Gasteiger partial charge in [-0.1, -0.05) is 17.9 Å². The molecule has 0 saturated carbocycles. The van der Waals surface area contributed by atoms with Gasteiger partial charge in [-0.2, -0.15) is 0 Å². The molecule has 0 spiro atoms. The van der Waals surface area contributed by atoms with Gasteiger partial charge < -0.3 is 11.1 Å². The van der Waals surface area contributed by atoms with E-state index in [4.69, 9.17) is 5.73 Å². The molecule has 1 aromatic heterocycles. The zero-order valence-corrected chi connectivity index (χ0v) is 11.5. The number of carbonyl (C=O) groups excluding carboxylic acids is 1. The first-order valence-corrected chi connectivity index (χ1v) is 6.32. The SMILES string of the molecule is Cc1ccc(C#CCN)c(NC(=O)c2ccc(F)cn2)c1. The van der Waals surface area contributed by atoms with Crippen LogP contribution in [-0.4, -0.2) is 17.4 Å². The van der Waals surface area contributed by atoms with Gasteiger partial charge in [0.2, 0.25) is 0 Å². The molecule has 1 amide bonds. The van der Waals surface area contributed by atoms with E-state index in [1.807, 2.05) is 25.1 Å². The third kappa shape index (κ3) is 3.88. The zero-order valence-electron chi connectivity index (χ0n) is 11.5. The Morgan fingerprint density at radius 2 is 2.19 bits per heavy atom. The molecule has 0 radical (unpaired) electrons. The van der Waals surface area contributed by atoms with E-state index in [1.165, 1.54) is 12.1 Å². The minimum Gasteiger partial charge on any atom is -0.320 e. The largest absolute Gasteiger partial charge is 0.320 e.